The van der Waals surface area contributed by atoms with Crippen LogP contribution in [0.25, 0.3) is 0 Å². The van der Waals surface area contributed by atoms with Crippen molar-refractivity contribution in [3.05, 3.63) is 34.4 Å². The molecule has 1 saturated carbocycles. The lowest BCUT2D eigenvalue weighted by atomic mass is 9.77. The summed E-state index contributed by atoms with van der Waals surface area (Å²) in [6.45, 7) is 1.60. The molecule has 2 aromatic rings. The predicted molar refractivity (Wildman–Crippen MR) is 110 cm³/mol. The minimum atomic E-state index is -4.58. The minimum absolute atomic E-state index is 0.0118. The zero-order valence-electron chi connectivity index (χ0n) is 16.7. The van der Waals surface area contributed by atoms with E-state index in [1.807, 2.05) is 0 Å². The van der Waals surface area contributed by atoms with E-state index in [0.717, 1.165) is 32.1 Å². The zero-order valence-corrected chi connectivity index (χ0v) is 17.5. The molecule has 2 aromatic heterocycles. The van der Waals surface area contributed by atoms with Gasteiger partial charge in [0.15, 0.2) is 0 Å². The van der Waals surface area contributed by atoms with E-state index in [1.165, 1.54) is 42.5 Å². The van der Waals surface area contributed by atoms with E-state index in [2.05, 4.69) is 14.9 Å². The second-order valence-corrected chi connectivity index (χ2v) is 9.21. The summed E-state index contributed by atoms with van der Waals surface area (Å²) in [5.41, 5.74) is 5.12. The molecule has 0 bridgehead atoms. The van der Waals surface area contributed by atoms with Crippen LogP contribution in [-0.2, 0) is 13.2 Å². The third-order valence-electron chi connectivity index (χ3n) is 6.32. The molecular weight excluding hydrogens is 415 g/mol. The molecule has 30 heavy (non-hydrogen) atoms. The molecule has 162 valence electrons. The van der Waals surface area contributed by atoms with Crippen LogP contribution >= 0.6 is 11.8 Å². The molecule has 4 rings (SSSR count). The lowest BCUT2D eigenvalue weighted by Crippen LogP contribution is -2.42. The molecule has 2 aliphatic rings. The highest BCUT2D eigenvalue weighted by Gasteiger charge is 2.38. The van der Waals surface area contributed by atoms with Crippen LogP contribution in [0.3, 0.4) is 0 Å². The fraction of sp³-hybridized carbons (Fsp3) is 0.550. The molecule has 1 aliphatic heterocycles. The van der Waals surface area contributed by atoms with E-state index in [0.29, 0.717) is 23.1 Å². The van der Waals surface area contributed by atoms with Crippen LogP contribution in [0.15, 0.2) is 33.0 Å². The van der Waals surface area contributed by atoms with Crippen LogP contribution in [-0.4, -0.2) is 27.6 Å². The van der Waals surface area contributed by atoms with Gasteiger partial charge in [-0.25, -0.2) is 0 Å². The molecule has 1 spiro atoms. The Hall–Kier alpha value is -2.23. The molecule has 1 aliphatic carbocycles. The first kappa shape index (κ1) is 21.0. The number of anilines is 2. The number of nitrogens with zero attached hydrogens (tertiary/aromatic N) is 4. The summed E-state index contributed by atoms with van der Waals surface area (Å²) in [5.74, 6) is 0.421. The molecule has 6 nitrogen and oxygen atoms in total. The van der Waals surface area contributed by atoms with Crippen molar-refractivity contribution < 1.29 is 13.2 Å². The van der Waals surface area contributed by atoms with Gasteiger partial charge in [-0.15, -0.1) is 0 Å². The van der Waals surface area contributed by atoms with Crippen LogP contribution in [0.5, 0.6) is 0 Å². The maximum absolute atomic E-state index is 13.3. The summed E-state index contributed by atoms with van der Waals surface area (Å²) in [6, 6.07) is 1.23. The summed E-state index contributed by atoms with van der Waals surface area (Å²) in [7, 11) is 1.59. The van der Waals surface area contributed by atoms with Crippen molar-refractivity contribution in [3.8, 4) is 0 Å². The maximum atomic E-state index is 13.3. The van der Waals surface area contributed by atoms with Gasteiger partial charge in [-0.2, -0.15) is 18.2 Å². The summed E-state index contributed by atoms with van der Waals surface area (Å²) in [5, 5.41) is 0. The first-order valence-corrected chi connectivity index (χ1v) is 10.8. The predicted octanol–water partition coefficient (Wildman–Crippen LogP) is 4.09. The molecule has 3 heterocycles. The standard InChI is InChI=1S/C20H24F3N5OS/c1-27-17(29)15(30-14-4-9-25-12-13(14)20(21,22)23)16(24)26-18(27)28-10-7-19(8-11-28)5-2-3-6-19/h4,9,12H,2-3,5-8,10-11,24H2,1H3. The number of halogens is 3. The monoisotopic (exact) mass is 439 g/mol. The Kier molecular flexibility index (Phi) is 5.46. The molecule has 1 saturated heterocycles. The van der Waals surface area contributed by atoms with Crippen molar-refractivity contribution in [2.45, 2.75) is 54.5 Å². The quantitative estimate of drug-likeness (QED) is 0.776. The van der Waals surface area contributed by atoms with E-state index in [4.69, 9.17) is 5.73 Å². The van der Waals surface area contributed by atoms with Crippen molar-refractivity contribution >= 4 is 23.5 Å². The Morgan fingerprint density at radius 2 is 1.83 bits per heavy atom. The third-order valence-corrected chi connectivity index (χ3v) is 7.49. The van der Waals surface area contributed by atoms with Crippen LogP contribution in [0.2, 0.25) is 0 Å². The Morgan fingerprint density at radius 3 is 2.47 bits per heavy atom. The number of nitrogens with two attached hydrogens (primary N) is 1. The van der Waals surface area contributed by atoms with E-state index in [-0.39, 0.29) is 15.6 Å². The maximum Gasteiger partial charge on any atom is 0.418 e. The van der Waals surface area contributed by atoms with Gasteiger partial charge in [-0.05, 0) is 37.2 Å². The molecule has 0 amide bonds. The van der Waals surface area contributed by atoms with Crippen LogP contribution in [0, 0.1) is 5.41 Å². The van der Waals surface area contributed by atoms with E-state index < -0.39 is 17.3 Å². The number of hydrogen-bond donors (Lipinski definition) is 1. The number of hydrogen-bond acceptors (Lipinski definition) is 6. The van der Waals surface area contributed by atoms with Gasteiger partial charge in [-0.3, -0.25) is 14.3 Å². The lowest BCUT2D eigenvalue weighted by Gasteiger charge is -2.40. The highest BCUT2D eigenvalue weighted by Crippen LogP contribution is 2.46. The number of aromatic nitrogens is 3. The van der Waals surface area contributed by atoms with Gasteiger partial charge < -0.3 is 10.6 Å². The average molecular weight is 440 g/mol. The first-order chi connectivity index (χ1) is 14.2. The lowest BCUT2D eigenvalue weighted by molar-refractivity contribution is -0.140. The number of pyridine rings is 1. The van der Waals surface area contributed by atoms with Crippen molar-refractivity contribution in [1.82, 2.24) is 14.5 Å². The van der Waals surface area contributed by atoms with Crippen molar-refractivity contribution in [1.29, 1.82) is 0 Å². The molecule has 0 atom stereocenters. The van der Waals surface area contributed by atoms with E-state index in [9.17, 15) is 18.0 Å². The highest BCUT2D eigenvalue weighted by molar-refractivity contribution is 7.99. The second kappa shape index (κ2) is 7.79. The van der Waals surface area contributed by atoms with Crippen LogP contribution < -0.4 is 16.2 Å². The third kappa shape index (κ3) is 3.89. The van der Waals surface area contributed by atoms with E-state index in [1.54, 1.807) is 7.05 Å². The topological polar surface area (TPSA) is 77.0 Å². The average Bonchev–Trinajstić information content (AvgIpc) is 3.16. The van der Waals surface area contributed by atoms with Gasteiger partial charge >= 0.3 is 6.18 Å². The van der Waals surface area contributed by atoms with Crippen LogP contribution in [0.1, 0.15) is 44.1 Å². The Morgan fingerprint density at radius 1 is 1.17 bits per heavy atom. The van der Waals surface area contributed by atoms with Gasteiger partial charge in [0.1, 0.15) is 10.7 Å². The van der Waals surface area contributed by atoms with Gasteiger partial charge in [-0.1, -0.05) is 24.6 Å². The first-order valence-electron chi connectivity index (χ1n) is 10.0. The summed E-state index contributed by atoms with van der Waals surface area (Å²) in [6.07, 6.45) is 4.64. The Labute approximate surface area is 176 Å². The van der Waals surface area contributed by atoms with Crippen molar-refractivity contribution in [2.75, 3.05) is 23.7 Å². The highest BCUT2D eigenvalue weighted by atomic mass is 32.2. The summed E-state index contributed by atoms with van der Waals surface area (Å²) >= 11 is 0.680. The fourth-order valence-corrected chi connectivity index (χ4v) is 5.57. The fourth-order valence-electron chi connectivity index (χ4n) is 4.56. The summed E-state index contributed by atoms with van der Waals surface area (Å²) in [4.78, 5) is 22.8. The molecule has 0 unspecified atom stereocenters. The second-order valence-electron chi connectivity index (χ2n) is 8.16. The number of nitrogen functional groups attached to an aromatic ring is 1. The molecule has 2 fully saturated rings. The van der Waals surface area contributed by atoms with Gasteiger partial charge in [0.05, 0.1) is 5.56 Å². The van der Waals surface area contributed by atoms with E-state index >= 15 is 0 Å². The summed E-state index contributed by atoms with van der Waals surface area (Å²) < 4.78 is 41.2. The van der Waals surface area contributed by atoms with Gasteiger partial charge in [0.2, 0.25) is 5.95 Å². The normalized spacial score (nSPS) is 18.9. The zero-order chi connectivity index (χ0) is 21.5. The van der Waals surface area contributed by atoms with Crippen molar-refractivity contribution in [2.24, 2.45) is 12.5 Å². The Balaban J connectivity index is 1.61. The number of piperidine rings is 1. The molecular formula is C20H24F3N5OS. The molecule has 10 heteroatoms. The molecule has 2 N–H and O–H groups in total. The molecule has 0 radical (unpaired) electrons. The van der Waals surface area contributed by atoms with Gasteiger partial charge in [0, 0.05) is 37.4 Å². The van der Waals surface area contributed by atoms with Gasteiger partial charge in [0.25, 0.3) is 5.56 Å². The van der Waals surface area contributed by atoms with Crippen molar-refractivity contribution in [3.63, 3.8) is 0 Å². The molecule has 0 aromatic carbocycles. The smallest absolute Gasteiger partial charge is 0.382 e. The SMILES string of the molecule is Cn1c(N2CCC3(CCCC3)CC2)nc(N)c(Sc2ccncc2C(F)(F)F)c1=O. The number of alkyl halides is 3. The number of rotatable bonds is 3. The Bertz CT molecular complexity index is 991. The van der Waals surface area contributed by atoms with Crippen LogP contribution in [0.4, 0.5) is 24.9 Å². The largest absolute Gasteiger partial charge is 0.418 e. The minimum Gasteiger partial charge on any atom is -0.382 e.